The second-order valence-electron chi connectivity index (χ2n) is 3.64. The van der Waals surface area contributed by atoms with E-state index in [-0.39, 0.29) is 5.75 Å². The summed E-state index contributed by atoms with van der Waals surface area (Å²) in [6, 6.07) is 3.80. The molecule has 1 rings (SSSR count). The van der Waals surface area contributed by atoms with Crippen LogP contribution < -0.4 is 4.74 Å². The summed E-state index contributed by atoms with van der Waals surface area (Å²) in [4.78, 5) is 0. The van der Waals surface area contributed by atoms with Gasteiger partial charge in [-0.2, -0.15) is 13.2 Å². The summed E-state index contributed by atoms with van der Waals surface area (Å²) in [5, 5.41) is 8.56. The number of ether oxygens (including phenoxy) is 1. The van der Waals surface area contributed by atoms with Crippen molar-refractivity contribution in [3.05, 3.63) is 29.6 Å². The van der Waals surface area contributed by atoms with Gasteiger partial charge in [0.1, 0.15) is 24.1 Å². The third-order valence-electron chi connectivity index (χ3n) is 2.28. The Morgan fingerprint density at radius 3 is 2.47 bits per heavy atom. The zero-order valence-electron chi connectivity index (χ0n) is 9.09. The van der Waals surface area contributed by atoms with Gasteiger partial charge in [-0.05, 0) is 18.6 Å². The number of halogens is 4. The van der Waals surface area contributed by atoms with Gasteiger partial charge < -0.3 is 9.84 Å². The van der Waals surface area contributed by atoms with Gasteiger partial charge in [-0.15, -0.1) is 0 Å². The van der Waals surface area contributed by atoms with E-state index in [4.69, 9.17) is 9.84 Å². The Bertz CT molecular complexity index is 376. The van der Waals surface area contributed by atoms with Gasteiger partial charge in [-0.25, -0.2) is 4.39 Å². The Hall–Kier alpha value is -1.30. The highest BCUT2D eigenvalue weighted by molar-refractivity contribution is 5.27. The lowest BCUT2D eigenvalue weighted by Crippen LogP contribution is -2.31. The summed E-state index contributed by atoms with van der Waals surface area (Å²) >= 11 is 0. The summed E-state index contributed by atoms with van der Waals surface area (Å²) in [7, 11) is 0. The summed E-state index contributed by atoms with van der Waals surface area (Å²) in [6.45, 7) is -0.258. The Labute approximate surface area is 95.8 Å². The number of hydrogen-bond acceptors (Lipinski definition) is 2. The van der Waals surface area contributed by atoms with E-state index in [9.17, 15) is 17.6 Å². The first-order chi connectivity index (χ1) is 7.84. The van der Waals surface area contributed by atoms with Crippen molar-refractivity contribution in [2.75, 3.05) is 13.2 Å². The van der Waals surface area contributed by atoms with Crippen LogP contribution in [0.2, 0.25) is 0 Å². The Balaban J connectivity index is 2.63. The topological polar surface area (TPSA) is 29.5 Å². The molecule has 0 amide bonds. The predicted octanol–water partition coefficient (Wildman–Crippen LogP) is 2.68. The van der Waals surface area contributed by atoms with Crippen LogP contribution in [0.15, 0.2) is 18.2 Å². The van der Waals surface area contributed by atoms with E-state index in [1.165, 1.54) is 19.1 Å². The Kier molecular flexibility index (Phi) is 4.34. The fourth-order valence-electron chi connectivity index (χ4n) is 1.11. The largest absolute Gasteiger partial charge is 0.493 e. The zero-order valence-corrected chi connectivity index (χ0v) is 9.09. The quantitative estimate of drug-likeness (QED) is 0.835. The molecule has 0 saturated heterocycles. The van der Waals surface area contributed by atoms with Gasteiger partial charge in [0.2, 0.25) is 0 Å². The molecule has 0 radical (unpaired) electrons. The molecule has 2 nitrogen and oxygen atoms in total. The van der Waals surface area contributed by atoms with Crippen molar-refractivity contribution in [2.24, 2.45) is 5.92 Å². The molecule has 0 aromatic heterocycles. The molecule has 96 valence electrons. The molecule has 0 aliphatic rings. The van der Waals surface area contributed by atoms with E-state index in [1.807, 2.05) is 0 Å². The van der Waals surface area contributed by atoms with Crippen molar-refractivity contribution < 1.29 is 27.4 Å². The van der Waals surface area contributed by atoms with Gasteiger partial charge in [0.25, 0.3) is 0 Å². The minimum atomic E-state index is -4.53. The maximum Gasteiger partial charge on any atom is 0.397 e. The van der Waals surface area contributed by atoms with Gasteiger partial charge in [0, 0.05) is 6.07 Å². The van der Waals surface area contributed by atoms with Gasteiger partial charge in [-0.3, -0.25) is 0 Å². The molecular weight excluding hydrogens is 240 g/mol. The van der Waals surface area contributed by atoms with Crippen molar-refractivity contribution in [1.82, 2.24) is 0 Å². The first kappa shape index (κ1) is 13.8. The lowest BCUT2D eigenvalue weighted by Gasteiger charge is -2.18. The van der Waals surface area contributed by atoms with E-state index >= 15 is 0 Å². The van der Waals surface area contributed by atoms with Gasteiger partial charge in [0.15, 0.2) is 0 Å². The molecule has 6 heteroatoms. The number of aliphatic hydroxyl groups excluding tert-OH is 1. The number of rotatable bonds is 4. The third-order valence-corrected chi connectivity index (χ3v) is 2.28. The van der Waals surface area contributed by atoms with Crippen molar-refractivity contribution in [2.45, 2.75) is 13.1 Å². The number of alkyl halides is 3. The average Bonchev–Trinajstić information content (AvgIpc) is 2.22. The number of hydrogen-bond donors (Lipinski definition) is 1. The molecule has 0 heterocycles. The van der Waals surface area contributed by atoms with Crippen LogP contribution in [0, 0.1) is 18.7 Å². The fraction of sp³-hybridized carbons (Fsp3) is 0.455. The summed E-state index contributed by atoms with van der Waals surface area (Å²) in [5.41, 5.74) is 0.381. The van der Waals surface area contributed by atoms with Crippen LogP contribution in [0.3, 0.4) is 0 Å². The number of benzene rings is 1. The van der Waals surface area contributed by atoms with Crippen LogP contribution >= 0.6 is 0 Å². The van der Waals surface area contributed by atoms with Crippen LogP contribution in [0.4, 0.5) is 17.6 Å². The van der Waals surface area contributed by atoms with Crippen LogP contribution in [-0.2, 0) is 0 Å². The van der Waals surface area contributed by atoms with E-state index in [1.54, 1.807) is 0 Å². The molecule has 0 aliphatic carbocycles. The summed E-state index contributed by atoms with van der Waals surface area (Å²) in [5.74, 6) is -2.50. The fourth-order valence-corrected chi connectivity index (χ4v) is 1.11. The van der Waals surface area contributed by atoms with E-state index in [0.29, 0.717) is 5.56 Å². The highest BCUT2D eigenvalue weighted by Gasteiger charge is 2.39. The van der Waals surface area contributed by atoms with Crippen molar-refractivity contribution in [3.8, 4) is 5.75 Å². The minimum Gasteiger partial charge on any atom is -0.493 e. The highest BCUT2D eigenvalue weighted by atomic mass is 19.4. The lowest BCUT2D eigenvalue weighted by molar-refractivity contribution is -0.190. The SMILES string of the molecule is Cc1ccc(OCC(CO)C(F)(F)F)cc1F. The maximum absolute atomic E-state index is 13.1. The lowest BCUT2D eigenvalue weighted by atomic mass is 10.1. The van der Waals surface area contributed by atoms with E-state index < -0.39 is 31.1 Å². The maximum atomic E-state index is 13.1. The molecule has 17 heavy (non-hydrogen) atoms. The van der Waals surface area contributed by atoms with Gasteiger partial charge in [0.05, 0.1) is 6.61 Å². The number of aliphatic hydroxyl groups is 1. The highest BCUT2D eigenvalue weighted by Crippen LogP contribution is 2.27. The van der Waals surface area contributed by atoms with Crippen LogP contribution in [-0.4, -0.2) is 24.5 Å². The molecule has 1 atom stereocenters. The summed E-state index contributed by atoms with van der Waals surface area (Å²) in [6.07, 6.45) is -4.53. The second kappa shape index (κ2) is 5.35. The molecule has 0 bridgehead atoms. The van der Waals surface area contributed by atoms with E-state index in [2.05, 4.69) is 0 Å². The Morgan fingerprint density at radius 1 is 1.35 bits per heavy atom. The number of aryl methyl sites for hydroxylation is 1. The van der Waals surface area contributed by atoms with Gasteiger partial charge in [-0.1, -0.05) is 6.07 Å². The average molecular weight is 252 g/mol. The predicted molar refractivity (Wildman–Crippen MR) is 53.3 cm³/mol. The summed E-state index contributed by atoms with van der Waals surface area (Å²) < 4.78 is 54.6. The second-order valence-corrected chi connectivity index (χ2v) is 3.64. The molecule has 0 saturated carbocycles. The van der Waals surface area contributed by atoms with Crippen LogP contribution in [0.1, 0.15) is 5.56 Å². The third kappa shape index (κ3) is 3.89. The van der Waals surface area contributed by atoms with Crippen LogP contribution in [0.5, 0.6) is 5.75 Å². The van der Waals surface area contributed by atoms with Crippen molar-refractivity contribution in [1.29, 1.82) is 0 Å². The molecule has 1 aromatic carbocycles. The minimum absolute atomic E-state index is 0.0100. The zero-order chi connectivity index (χ0) is 13.1. The van der Waals surface area contributed by atoms with Gasteiger partial charge >= 0.3 is 6.18 Å². The Morgan fingerprint density at radius 2 is 2.00 bits per heavy atom. The van der Waals surface area contributed by atoms with Crippen molar-refractivity contribution >= 4 is 0 Å². The molecule has 1 N–H and O–H groups in total. The first-order valence-electron chi connectivity index (χ1n) is 4.91. The molecule has 1 unspecified atom stereocenters. The normalized spacial score (nSPS) is 13.5. The van der Waals surface area contributed by atoms with Crippen LogP contribution in [0.25, 0.3) is 0 Å². The molecule has 0 spiro atoms. The molecule has 0 aliphatic heterocycles. The molecule has 1 aromatic rings. The van der Waals surface area contributed by atoms with Crippen molar-refractivity contribution in [3.63, 3.8) is 0 Å². The monoisotopic (exact) mass is 252 g/mol. The first-order valence-corrected chi connectivity index (χ1v) is 4.91. The van der Waals surface area contributed by atoms with E-state index in [0.717, 1.165) is 6.07 Å². The molecule has 0 fully saturated rings. The molecular formula is C11H12F4O2. The standard InChI is InChI=1S/C11H12F4O2/c1-7-2-3-9(4-10(7)12)17-6-8(5-16)11(13,14)15/h2-4,8,16H,5-6H2,1H3. The smallest absolute Gasteiger partial charge is 0.397 e.